The minimum atomic E-state index is -0.789. The van der Waals surface area contributed by atoms with Gasteiger partial charge in [-0.2, -0.15) is 0 Å². The Bertz CT molecular complexity index is 3330. The Morgan fingerprint density at radius 3 is 2.00 bits per heavy atom. The molecule has 0 unspecified atom stereocenters. The molecule has 0 aliphatic heterocycles. The van der Waals surface area contributed by atoms with Gasteiger partial charge < -0.3 is 4.42 Å². The molecule has 0 saturated carbocycles. The minimum absolute atomic E-state index is 0.0345. The van der Waals surface area contributed by atoms with Gasteiger partial charge in [-0.15, -0.1) is 0 Å². The van der Waals surface area contributed by atoms with E-state index in [0.717, 1.165) is 36.4 Å². The Hall–Kier alpha value is -6.44. The van der Waals surface area contributed by atoms with Crippen LogP contribution < -0.4 is 0 Å². The van der Waals surface area contributed by atoms with Gasteiger partial charge in [0.1, 0.15) is 11.3 Å². The Balaban J connectivity index is 1.64. The molecule has 0 N–H and O–H groups in total. The van der Waals surface area contributed by atoms with Crippen molar-refractivity contribution in [2.24, 2.45) is 0 Å². The van der Waals surface area contributed by atoms with Gasteiger partial charge in [0.25, 0.3) is 0 Å². The maximum absolute atomic E-state index is 9.22. The summed E-state index contributed by atoms with van der Waals surface area (Å²) in [5.74, 6) is 0.156. The second kappa shape index (κ2) is 15.4. The normalized spacial score (nSPS) is 15.8. The van der Waals surface area contributed by atoms with Crippen LogP contribution in [0.4, 0.5) is 0 Å². The van der Waals surface area contributed by atoms with Gasteiger partial charge in [0.2, 0.25) is 0 Å². The van der Waals surface area contributed by atoms with E-state index >= 15 is 0 Å². The average Bonchev–Trinajstić information content (AvgIpc) is 3.70. The molecule has 0 spiro atoms. The Labute approximate surface area is 314 Å². The highest BCUT2D eigenvalue weighted by molar-refractivity contribution is 6.03. The lowest BCUT2D eigenvalue weighted by molar-refractivity contribution is 0.601. The van der Waals surface area contributed by atoms with Crippen LogP contribution in [0.5, 0.6) is 0 Å². The van der Waals surface area contributed by atoms with Crippen LogP contribution in [-0.4, -0.2) is 0 Å². The molecule has 5 aromatic carbocycles. The standard InChI is InChI=1S/C48H38O/c1-5-40-46-32-22-31-43(39-25-16-13-17-26-39)48(46)49-47(40)37(4)35(2)33-34-36(3)41-27-18-11-12-19-28-42(45-30-21-20-29-44(41)45)38-23-14-9-7-6-8-10-15-24-38/h5-34H,1-4H2/b7-6?,8-6?,9-7?,10-8?,12-11?,14-9?,15-10?,18-11?,19-12?,23-14?,24-15?,27-18?,28-19?,34-33-,38-23?,38-24?,41-27?,42-28?,44-41?,45-42?/i7D,9D,10D,11D,12D,13D,15D,16D,17D,18D,19D,20D,21D,24D,25D,26D,29D,30D. The molecule has 6 rings (SSSR count). The van der Waals surface area contributed by atoms with Crippen molar-refractivity contribution >= 4 is 39.0 Å². The summed E-state index contributed by atoms with van der Waals surface area (Å²) in [6.45, 7) is 16.4. The zero-order valence-electron chi connectivity index (χ0n) is 44.2. The number of hydrogen-bond donors (Lipinski definition) is 0. The predicted octanol–water partition coefficient (Wildman–Crippen LogP) is 13.7. The second-order valence-electron chi connectivity index (χ2n) is 10.3. The predicted molar refractivity (Wildman–Crippen MR) is 213 cm³/mol. The first-order valence-corrected chi connectivity index (χ1v) is 14.8. The molecule has 1 aromatic heterocycles. The first-order valence-electron chi connectivity index (χ1n) is 23.8. The molecule has 0 fully saturated rings. The molecule has 0 radical (unpaired) electrons. The van der Waals surface area contributed by atoms with E-state index in [1.54, 1.807) is 18.2 Å². The van der Waals surface area contributed by atoms with Gasteiger partial charge in [-0.05, 0) is 44.2 Å². The zero-order chi connectivity index (χ0) is 49.7. The number of rotatable bonds is 8. The van der Waals surface area contributed by atoms with Crippen molar-refractivity contribution in [3.05, 3.63) is 224 Å². The molecule has 0 atom stereocenters. The summed E-state index contributed by atoms with van der Waals surface area (Å²) in [4.78, 5) is 0. The maximum Gasteiger partial charge on any atom is 0.143 e. The quantitative estimate of drug-likeness (QED) is 0.150. The van der Waals surface area contributed by atoms with E-state index in [2.05, 4.69) is 26.3 Å². The SMILES string of the molecule is [2H]c1ccc([2H])c([2H])c([2H])c(-c2cc([2H])c([2H])c([2H])c([2H])cc(C(=C)/C=C\C(=C)C(=C)c3oc4c(-c5c([2H])c([2H])c([2H])c([2H])c5[2H])cccc4c3C=C)c3c([2H])c([2H])c([2H])c([2H])c23)ccc1[2H]. The van der Waals surface area contributed by atoms with Crippen molar-refractivity contribution in [2.75, 3.05) is 0 Å². The highest BCUT2D eigenvalue weighted by Crippen LogP contribution is 2.39. The van der Waals surface area contributed by atoms with E-state index in [0.29, 0.717) is 10.9 Å². The smallest absolute Gasteiger partial charge is 0.143 e. The van der Waals surface area contributed by atoms with Gasteiger partial charge in [-0.3, -0.25) is 0 Å². The first-order chi connectivity index (χ1) is 31.5. The molecule has 49 heavy (non-hydrogen) atoms. The lowest BCUT2D eigenvalue weighted by atomic mass is 9.95. The van der Waals surface area contributed by atoms with Crippen LogP contribution in [0.2, 0.25) is 0 Å². The topological polar surface area (TPSA) is 13.1 Å². The number of allylic oxidation sites excluding steroid dienone is 5. The highest BCUT2D eigenvalue weighted by atomic mass is 16.3. The Morgan fingerprint density at radius 1 is 0.551 bits per heavy atom. The van der Waals surface area contributed by atoms with Crippen molar-refractivity contribution in [2.45, 2.75) is 0 Å². The third-order valence-electron chi connectivity index (χ3n) is 7.31. The molecular weight excluding hydrogens is 593 g/mol. The third-order valence-corrected chi connectivity index (χ3v) is 7.31. The lowest BCUT2D eigenvalue weighted by Gasteiger charge is -2.09. The first kappa shape index (κ1) is 17.1. The van der Waals surface area contributed by atoms with Crippen molar-refractivity contribution < 1.29 is 29.1 Å². The van der Waals surface area contributed by atoms with E-state index < -0.39 is 103 Å². The Morgan fingerprint density at radius 2 is 1.20 bits per heavy atom. The molecule has 1 nitrogen and oxygen atoms in total. The fraction of sp³-hybridized carbons (Fsp3) is 0. The van der Waals surface area contributed by atoms with E-state index in [-0.39, 0.29) is 72.7 Å². The van der Waals surface area contributed by atoms with E-state index in [1.807, 2.05) is 0 Å². The van der Waals surface area contributed by atoms with Crippen LogP contribution in [0, 0.1) is 0 Å². The molecule has 0 amide bonds. The Kier molecular flexibility index (Phi) is 5.39. The van der Waals surface area contributed by atoms with Crippen LogP contribution in [0.1, 0.15) is 41.6 Å². The third kappa shape index (κ3) is 7.27. The summed E-state index contributed by atoms with van der Waals surface area (Å²) >= 11 is 0. The minimum Gasteiger partial charge on any atom is -0.455 e. The molecule has 1 heterocycles. The number of furan rings is 1. The number of hydrogen-bond acceptors (Lipinski definition) is 1. The lowest BCUT2D eigenvalue weighted by Crippen LogP contribution is -1.87. The molecule has 1 heteroatoms. The van der Waals surface area contributed by atoms with Crippen LogP contribution in [0.25, 0.3) is 61.2 Å². The number of para-hydroxylation sites is 1. The average molecular weight is 649 g/mol. The van der Waals surface area contributed by atoms with Crippen molar-refractivity contribution in [1.82, 2.24) is 0 Å². The summed E-state index contributed by atoms with van der Waals surface area (Å²) < 4.78 is 162. The van der Waals surface area contributed by atoms with Crippen molar-refractivity contribution in [3.63, 3.8) is 0 Å². The summed E-state index contributed by atoms with van der Waals surface area (Å²) in [6, 6.07) is 0.337. The van der Waals surface area contributed by atoms with Gasteiger partial charge in [0.05, 0.1) is 24.7 Å². The van der Waals surface area contributed by atoms with Gasteiger partial charge in [0, 0.05) is 22.1 Å². The van der Waals surface area contributed by atoms with Crippen molar-refractivity contribution in [1.29, 1.82) is 0 Å². The van der Waals surface area contributed by atoms with Crippen LogP contribution in [0.3, 0.4) is 0 Å². The van der Waals surface area contributed by atoms with Crippen LogP contribution in [-0.2, 0) is 0 Å². The summed E-state index contributed by atoms with van der Waals surface area (Å²) in [7, 11) is 0. The fourth-order valence-electron chi connectivity index (χ4n) is 4.95. The molecular formula is C48H38O. The van der Waals surface area contributed by atoms with Gasteiger partial charge in [0.15, 0.2) is 0 Å². The second-order valence-corrected chi connectivity index (χ2v) is 10.3. The summed E-state index contributed by atoms with van der Waals surface area (Å²) in [6.07, 6.45) is 4.31. The van der Waals surface area contributed by atoms with Crippen LogP contribution in [0.15, 0.2) is 212 Å². The van der Waals surface area contributed by atoms with Gasteiger partial charge in [-0.1, -0.05) is 208 Å². The van der Waals surface area contributed by atoms with Crippen molar-refractivity contribution in [3.8, 4) is 22.3 Å². The summed E-state index contributed by atoms with van der Waals surface area (Å²) in [5, 5.41) is -0.219. The molecule has 0 saturated heterocycles. The molecule has 0 aliphatic rings. The molecule has 6 aromatic rings. The number of fused-ring (bicyclic) bond motifs is 2. The van der Waals surface area contributed by atoms with Gasteiger partial charge >= 0.3 is 0 Å². The van der Waals surface area contributed by atoms with Gasteiger partial charge in [-0.25, -0.2) is 0 Å². The van der Waals surface area contributed by atoms with E-state index in [4.69, 9.17) is 26.3 Å². The fourth-order valence-corrected chi connectivity index (χ4v) is 4.95. The molecule has 0 aliphatic carbocycles. The van der Waals surface area contributed by atoms with Crippen LogP contribution >= 0.6 is 0 Å². The van der Waals surface area contributed by atoms with E-state index in [9.17, 15) is 2.74 Å². The summed E-state index contributed by atoms with van der Waals surface area (Å²) in [5.41, 5.74) is 0.229. The highest BCUT2D eigenvalue weighted by Gasteiger charge is 2.18. The maximum atomic E-state index is 9.22. The number of benzene rings is 3. The monoisotopic (exact) mass is 648 g/mol. The zero-order valence-corrected chi connectivity index (χ0v) is 26.2. The largest absolute Gasteiger partial charge is 0.455 e. The molecule has 0 bridgehead atoms. The van der Waals surface area contributed by atoms with E-state index in [1.165, 1.54) is 18.2 Å². The molecule has 236 valence electrons.